The first-order chi connectivity index (χ1) is 18.0. The van der Waals surface area contributed by atoms with Crippen molar-refractivity contribution >= 4 is 32.3 Å². The fourth-order valence-electron chi connectivity index (χ4n) is 5.01. The Morgan fingerprint density at radius 2 is 1.78 bits per heavy atom. The fourth-order valence-corrected chi connectivity index (χ4v) is 5.70. The van der Waals surface area contributed by atoms with E-state index in [4.69, 9.17) is 0 Å². The standard InChI is InChI=1S/C31H26N4OS/c1-19-14-23(17-33-21(19)3)25-11-7-8-22-16-27(35(31(36)29(22)25)24-9-5-4-6-10-24)20(2)15-26-30-28(12-13-32-26)37-18-34-30/h4-14,16-18,20H,15H2,1-3H3/t20-/m1/s1. The number of para-hydroxylation sites is 1. The van der Waals surface area contributed by atoms with Crippen LogP contribution >= 0.6 is 11.3 Å². The highest BCUT2D eigenvalue weighted by molar-refractivity contribution is 7.16. The Hall–Kier alpha value is -4.16. The Morgan fingerprint density at radius 1 is 0.946 bits per heavy atom. The number of fused-ring (bicyclic) bond motifs is 2. The van der Waals surface area contributed by atoms with Crippen LogP contribution in [0.25, 0.3) is 37.8 Å². The number of aromatic nitrogens is 4. The molecular weight excluding hydrogens is 476 g/mol. The summed E-state index contributed by atoms with van der Waals surface area (Å²) in [4.78, 5) is 28.1. The quantitative estimate of drug-likeness (QED) is 0.254. The molecule has 5 nitrogen and oxygen atoms in total. The van der Waals surface area contributed by atoms with E-state index >= 15 is 0 Å². The smallest absolute Gasteiger partial charge is 0.263 e. The molecule has 6 rings (SSSR count). The van der Waals surface area contributed by atoms with Gasteiger partial charge in [-0.25, -0.2) is 4.98 Å². The van der Waals surface area contributed by atoms with Gasteiger partial charge in [0.15, 0.2) is 0 Å². The Kier molecular flexibility index (Phi) is 5.89. The Bertz CT molecular complexity index is 1820. The highest BCUT2D eigenvalue weighted by atomic mass is 32.1. The number of pyridine rings is 3. The normalized spacial score (nSPS) is 12.3. The predicted octanol–water partition coefficient (Wildman–Crippen LogP) is 7.02. The summed E-state index contributed by atoms with van der Waals surface area (Å²) in [5, 5.41) is 1.63. The Morgan fingerprint density at radius 3 is 2.59 bits per heavy atom. The van der Waals surface area contributed by atoms with Gasteiger partial charge in [-0.2, -0.15) is 0 Å². The van der Waals surface area contributed by atoms with E-state index in [1.54, 1.807) is 11.3 Å². The molecule has 4 aromatic heterocycles. The third-order valence-electron chi connectivity index (χ3n) is 7.07. The Balaban J connectivity index is 1.57. The molecule has 2 aromatic carbocycles. The first kappa shape index (κ1) is 23.3. The molecular formula is C31H26N4OS. The first-order valence-electron chi connectivity index (χ1n) is 12.4. The third kappa shape index (κ3) is 4.13. The van der Waals surface area contributed by atoms with Crippen molar-refractivity contribution in [2.45, 2.75) is 33.1 Å². The first-order valence-corrected chi connectivity index (χ1v) is 13.2. The second kappa shape index (κ2) is 9.37. The summed E-state index contributed by atoms with van der Waals surface area (Å²) in [6, 6.07) is 22.2. The Labute approximate surface area is 219 Å². The molecule has 6 heteroatoms. The molecule has 0 aliphatic carbocycles. The van der Waals surface area contributed by atoms with Crippen molar-refractivity contribution in [1.82, 2.24) is 19.5 Å². The molecule has 4 heterocycles. The van der Waals surface area contributed by atoms with Gasteiger partial charge in [0.1, 0.15) is 5.52 Å². The molecule has 0 aliphatic rings. The van der Waals surface area contributed by atoms with Crippen LogP contribution in [-0.4, -0.2) is 19.5 Å². The molecule has 0 N–H and O–H groups in total. The number of hydrogen-bond donors (Lipinski definition) is 0. The number of thiazole rings is 1. The number of aryl methyl sites for hydroxylation is 2. The van der Waals surface area contributed by atoms with Gasteiger partial charge in [0.05, 0.1) is 21.3 Å². The van der Waals surface area contributed by atoms with E-state index in [1.165, 1.54) is 0 Å². The van der Waals surface area contributed by atoms with Gasteiger partial charge in [0.2, 0.25) is 0 Å². The van der Waals surface area contributed by atoms with Gasteiger partial charge in [-0.3, -0.25) is 19.3 Å². The van der Waals surface area contributed by atoms with Gasteiger partial charge < -0.3 is 0 Å². The molecule has 0 saturated heterocycles. The van der Waals surface area contributed by atoms with Crippen LogP contribution in [0, 0.1) is 13.8 Å². The van der Waals surface area contributed by atoms with E-state index in [2.05, 4.69) is 40.9 Å². The maximum atomic E-state index is 14.3. The van der Waals surface area contributed by atoms with Crippen molar-refractivity contribution in [2.75, 3.05) is 0 Å². The maximum absolute atomic E-state index is 14.3. The van der Waals surface area contributed by atoms with E-state index in [0.717, 1.165) is 55.1 Å². The van der Waals surface area contributed by atoms with Crippen molar-refractivity contribution in [1.29, 1.82) is 0 Å². The monoisotopic (exact) mass is 502 g/mol. The molecule has 0 spiro atoms. The van der Waals surface area contributed by atoms with E-state index < -0.39 is 0 Å². The van der Waals surface area contributed by atoms with Crippen LogP contribution in [-0.2, 0) is 6.42 Å². The van der Waals surface area contributed by atoms with Crippen LogP contribution in [0.5, 0.6) is 0 Å². The average molecular weight is 503 g/mol. The van der Waals surface area contributed by atoms with E-state index in [-0.39, 0.29) is 11.5 Å². The summed E-state index contributed by atoms with van der Waals surface area (Å²) in [6.45, 7) is 6.21. The van der Waals surface area contributed by atoms with E-state index in [9.17, 15) is 4.79 Å². The second-order valence-electron chi connectivity index (χ2n) is 9.50. The van der Waals surface area contributed by atoms with Crippen LogP contribution in [0.15, 0.2) is 89.4 Å². The van der Waals surface area contributed by atoms with Crippen molar-refractivity contribution in [3.63, 3.8) is 0 Å². The number of benzene rings is 2. The maximum Gasteiger partial charge on any atom is 0.263 e. The number of hydrogen-bond acceptors (Lipinski definition) is 5. The molecule has 0 bridgehead atoms. The zero-order valence-electron chi connectivity index (χ0n) is 21.0. The lowest BCUT2D eigenvalue weighted by Gasteiger charge is -2.21. The fraction of sp³-hybridized carbons (Fsp3) is 0.161. The number of rotatable bonds is 5. The zero-order chi connectivity index (χ0) is 25.5. The van der Waals surface area contributed by atoms with Crippen LogP contribution in [0.4, 0.5) is 0 Å². The van der Waals surface area contributed by atoms with Crippen LogP contribution in [0.2, 0.25) is 0 Å². The lowest BCUT2D eigenvalue weighted by molar-refractivity contribution is 0.688. The molecule has 1 atom stereocenters. The van der Waals surface area contributed by atoms with Crippen molar-refractivity contribution in [3.8, 4) is 16.8 Å². The van der Waals surface area contributed by atoms with Crippen molar-refractivity contribution < 1.29 is 0 Å². The van der Waals surface area contributed by atoms with Gasteiger partial charge in [-0.1, -0.05) is 43.3 Å². The molecule has 6 aromatic rings. The number of nitrogens with zero attached hydrogens (tertiary/aromatic N) is 4. The average Bonchev–Trinajstić information content (AvgIpc) is 3.40. The molecule has 182 valence electrons. The molecule has 0 saturated carbocycles. The molecule has 0 unspecified atom stereocenters. The summed E-state index contributed by atoms with van der Waals surface area (Å²) in [5.41, 5.74) is 9.47. The highest BCUT2D eigenvalue weighted by Crippen LogP contribution is 2.32. The lowest BCUT2D eigenvalue weighted by atomic mass is 9.94. The van der Waals surface area contributed by atoms with Gasteiger partial charge in [0, 0.05) is 41.0 Å². The van der Waals surface area contributed by atoms with Gasteiger partial charge in [-0.15, -0.1) is 11.3 Å². The minimum absolute atomic E-state index is 0.0285. The van der Waals surface area contributed by atoms with Crippen LogP contribution < -0.4 is 5.56 Å². The molecule has 0 amide bonds. The zero-order valence-corrected chi connectivity index (χ0v) is 21.8. The summed E-state index contributed by atoms with van der Waals surface area (Å²) in [7, 11) is 0. The van der Waals surface area contributed by atoms with Gasteiger partial charge in [-0.05, 0) is 67.1 Å². The van der Waals surface area contributed by atoms with Crippen molar-refractivity contribution in [2.24, 2.45) is 0 Å². The summed E-state index contributed by atoms with van der Waals surface area (Å²) in [6.07, 6.45) is 4.39. The van der Waals surface area contributed by atoms with Gasteiger partial charge in [0.25, 0.3) is 5.56 Å². The van der Waals surface area contributed by atoms with Crippen LogP contribution in [0.1, 0.15) is 35.5 Å². The summed E-state index contributed by atoms with van der Waals surface area (Å²) in [5.74, 6) is 0.0315. The molecule has 37 heavy (non-hydrogen) atoms. The highest BCUT2D eigenvalue weighted by Gasteiger charge is 2.20. The molecule has 0 fully saturated rings. The summed E-state index contributed by atoms with van der Waals surface area (Å²) < 4.78 is 2.99. The third-order valence-corrected chi connectivity index (χ3v) is 7.86. The van der Waals surface area contributed by atoms with Crippen molar-refractivity contribution in [3.05, 3.63) is 118 Å². The predicted molar refractivity (Wildman–Crippen MR) is 152 cm³/mol. The van der Waals surface area contributed by atoms with Crippen LogP contribution in [0.3, 0.4) is 0 Å². The lowest BCUT2D eigenvalue weighted by Crippen LogP contribution is -2.24. The largest absolute Gasteiger partial charge is 0.280 e. The molecule has 0 radical (unpaired) electrons. The SMILES string of the molecule is Cc1cc(-c2cccc3cc([C@H](C)Cc4nccc5scnc45)n(-c4ccccc4)c(=O)c23)cnc1C. The van der Waals surface area contributed by atoms with E-state index in [0.29, 0.717) is 11.8 Å². The summed E-state index contributed by atoms with van der Waals surface area (Å²) >= 11 is 1.62. The second-order valence-corrected chi connectivity index (χ2v) is 10.4. The van der Waals surface area contributed by atoms with E-state index in [1.807, 2.05) is 84.0 Å². The van der Waals surface area contributed by atoms with Gasteiger partial charge >= 0.3 is 0 Å². The topological polar surface area (TPSA) is 60.7 Å². The minimum Gasteiger partial charge on any atom is -0.280 e. The molecule has 0 aliphatic heterocycles. The minimum atomic E-state index is -0.0285.